The number of hydrogen-bond donors (Lipinski definition) is 0. The molecule has 1 aromatic heterocycles. The van der Waals surface area contributed by atoms with Gasteiger partial charge in [-0.2, -0.15) is 4.31 Å². The zero-order valence-corrected chi connectivity index (χ0v) is 28.3. The summed E-state index contributed by atoms with van der Waals surface area (Å²) in [7, 11) is -3.79. The molecule has 0 aliphatic heterocycles. The molecule has 0 atom stereocenters. The van der Waals surface area contributed by atoms with Gasteiger partial charge in [-0.15, -0.1) is 0 Å². The zero-order chi connectivity index (χ0) is 32.3. The molecule has 0 saturated carbocycles. The van der Waals surface area contributed by atoms with Crippen LogP contribution >= 0.6 is 0 Å². The number of furan rings is 1. The first-order valence-electron chi connectivity index (χ1n) is 16.5. The first-order valence-corrected chi connectivity index (χ1v) is 17.9. The molecule has 0 N–H and O–H groups in total. The Kier molecular flexibility index (Phi) is 9.32. The summed E-state index contributed by atoms with van der Waals surface area (Å²) in [4.78, 5) is 0.300. The van der Waals surface area contributed by atoms with Crippen molar-refractivity contribution in [2.75, 3.05) is 26.2 Å². The van der Waals surface area contributed by atoms with Gasteiger partial charge in [-0.3, -0.25) is 0 Å². The minimum atomic E-state index is -3.79. The molecule has 6 heteroatoms. The van der Waals surface area contributed by atoms with Gasteiger partial charge in [0.1, 0.15) is 17.7 Å². The van der Waals surface area contributed by atoms with E-state index < -0.39 is 10.0 Å². The van der Waals surface area contributed by atoms with Crippen molar-refractivity contribution >= 4 is 42.7 Å². The van der Waals surface area contributed by atoms with Gasteiger partial charge in [0.2, 0.25) is 10.0 Å². The summed E-state index contributed by atoms with van der Waals surface area (Å²) in [6.45, 7) is 13.8. The van der Waals surface area contributed by atoms with Crippen LogP contribution in [0.25, 0.3) is 32.7 Å². The maximum Gasteiger partial charge on any atom is 0.243 e. The number of rotatable bonds is 13. The highest BCUT2D eigenvalue weighted by Crippen LogP contribution is 2.32. The molecule has 0 bridgehead atoms. The van der Waals surface area contributed by atoms with Crippen LogP contribution in [0.3, 0.4) is 0 Å². The Hall–Kier alpha value is -3.97. The maximum atomic E-state index is 14.4. The maximum absolute atomic E-state index is 14.4. The fourth-order valence-electron chi connectivity index (χ4n) is 6.97. The first kappa shape index (κ1) is 32.0. The monoisotopic (exact) mass is 633 g/mol. The zero-order valence-electron chi connectivity index (χ0n) is 27.5. The molecule has 0 aliphatic carbocycles. The number of fused-ring (bicyclic) bond motifs is 4. The van der Waals surface area contributed by atoms with Gasteiger partial charge in [0.05, 0.1) is 24.5 Å². The van der Waals surface area contributed by atoms with Gasteiger partial charge in [0, 0.05) is 29.4 Å². The van der Waals surface area contributed by atoms with Crippen molar-refractivity contribution in [1.82, 2.24) is 4.31 Å². The molecule has 0 amide bonds. The molecule has 0 unspecified atom stereocenters. The Balaban J connectivity index is 1.26. The highest BCUT2D eigenvalue weighted by Gasteiger charge is 2.28. The lowest BCUT2D eigenvalue weighted by Gasteiger charge is -2.37. The Morgan fingerprint density at radius 2 is 1.37 bits per heavy atom. The molecule has 1 heterocycles. The molecule has 0 radical (unpaired) electrons. The number of sulfonamides is 1. The van der Waals surface area contributed by atoms with Crippen molar-refractivity contribution in [3.05, 3.63) is 125 Å². The Bertz CT molecular complexity index is 2070. The topological polar surface area (TPSA) is 50.5 Å². The predicted molar refractivity (Wildman–Crippen MR) is 190 cm³/mol. The van der Waals surface area contributed by atoms with Crippen LogP contribution < -0.4 is 0 Å². The molecular weight excluding hydrogens is 589 g/mol. The first-order chi connectivity index (χ1) is 22.2. The van der Waals surface area contributed by atoms with E-state index in [1.807, 2.05) is 36.4 Å². The Morgan fingerprint density at radius 1 is 0.674 bits per heavy atom. The van der Waals surface area contributed by atoms with Crippen molar-refractivity contribution in [2.24, 2.45) is 0 Å². The van der Waals surface area contributed by atoms with Crippen molar-refractivity contribution in [3.8, 4) is 0 Å². The Labute approximate surface area is 273 Å². The summed E-state index contributed by atoms with van der Waals surface area (Å²) in [6, 6.07) is 34.4. The number of unbranched alkanes of at least 4 members (excludes halogenated alkanes) is 1. The van der Waals surface area contributed by atoms with Gasteiger partial charge in [-0.05, 0) is 87.2 Å². The van der Waals surface area contributed by atoms with Crippen LogP contribution in [0.5, 0.6) is 0 Å². The number of para-hydroxylation sites is 1. The number of hydrogen-bond acceptors (Lipinski definition) is 3. The summed E-state index contributed by atoms with van der Waals surface area (Å²) in [5, 5.41) is 4.01. The highest BCUT2D eigenvalue weighted by molar-refractivity contribution is 7.89. The minimum absolute atomic E-state index is 0.300. The normalized spacial score (nSPS) is 12.5. The molecule has 5 aromatic carbocycles. The smallest absolute Gasteiger partial charge is 0.243 e. The van der Waals surface area contributed by atoms with Crippen LogP contribution in [0.2, 0.25) is 0 Å². The van der Waals surface area contributed by atoms with E-state index in [1.165, 1.54) is 16.7 Å². The SMILES string of the molecule is CC[N+](CC)(CCCCN(Cc1ccc2ccccc2c1)S(=O)(=O)c1ccc2oc3ccccc3c2c1)Cc1cc(C)cc(C)c1. The van der Waals surface area contributed by atoms with Crippen LogP contribution in [0, 0.1) is 13.8 Å². The standard InChI is InChI=1S/C40H45N2O3S/c1-5-42(6-2,29-33-24-30(3)23-31(4)25-33)22-12-11-21-41(28-32-17-18-34-13-7-8-14-35(34)26-32)46(43,44)36-19-20-40-38(27-36)37-15-9-10-16-39(37)45-40/h7-10,13-20,23-27H,5-6,11-12,21-22,28-29H2,1-4H3/q+1. The molecule has 0 fully saturated rings. The van der Waals surface area contributed by atoms with E-state index in [0.717, 1.165) is 76.2 Å². The third kappa shape index (κ3) is 6.75. The van der Waals surface area contributed by atoms with E-state index in [4.69, 9.17) is 4.42 Å². The second kappa shape index (κ2) is 13.4. The molecule has 0 saturated heterocycles. The van der Waals surface area contributed by atoms with Gasteiger partial charge < -0.3 is 8.90 Å². The average molecular weight is 634 g/mol. The van der Waals surface area contributed by atoms with Crippen molar-refractivity contribution < 1.29 is 17.3 Å². The fraction of sp³-hybridized carbons (Fsp3) is 0.300. The molecular formula is C40H45N2O3S+. The number of nitrogens with zero attached hydrogens (tertiary/aromatic N) is 2. The summed E-state index contributed by atoms with van der Waals surface area (Å²) in [6.07, 6.45) is 1.73. The lowest BCUT2D eigenvalue weighted by Crippen LogP contribution is -2.47. The molecule has 46 heavy (non-hydrogen) atoms. The van der Waals surface area contributed by atoms with Gasteiger partial charge >= 0.3 is 0 Å². The van der Waals surface area contributed by atoms with Crippen molar-refractivity contribution in [1.29, 1.82) is 0 Å². The van der Waals surface area contributed by atoms with Gasteiger partial charge in [-0.25, -0.2) is 8.42 Å². The predicted octanol–water partition coefficient (Wildman–Crippen LogP) is 9.38. The molecule has 0 aliphatic rings. The summed E-state index contributed by atoms with van der Waals surface area (Å²) in [5.41, 5.74) is 6.42. The molecule has 238 valence electrons. The van der Waals surface area contributed by atoms with E-state index in [1.54, 1.807) is 22.5 Å². The number of quaternary nitrogens is 1. The minimum Gasteiger partial charge on any atom is -0.456 e. The lowest BCUT2D eigenvalue weighted by molar-refractivity contribution is -0.938. The van der Waals surface area contributed by atoms with Gasteiger partial charge in [0.15, 0.2) is 0 Å². The summed E-state index contributed by atoms with van der Waals surface area (Å²) in [5.74, 6) is 0. The molecule has 6 aromatic rings. The van der Waals surface area contributed by atoms with Crippen LogP contribution in [0.1, 0.15) is 48.9 Å². The second-order valence-electron chi connectivity index (χ2n) is 12.8. The summed E-state index contributed by atoms with van der Waals surface area (Å²) >= 11 is 0. The van der Waals surface area contributed by atoms with Crippen molar-refractivity contribution in [3.63, 3.8) is 0 Å². The largest absolute Gasteiger partial charge is 0.456 e. The van der Waals surface area contributed by atoms with E-state index in [9.17, 15) is 8.42 Å². The van der Waals surface area contributed by atoms with Crippen LogP contribution in [-0.2, 0) is 23.1 Å². The van der Waals surface area contributed by atoms with Gasteiger partial charge in [-0.1, -0.05) is 83.9 Å². The van der Waals surface area contributed by atoms with E-state index in [-0.39, 0.29) is 0 Å². The van der Waals surface area contributed by atoms with E-state index >= 15 is 0 Å². The van der Waals surface area contributed by atoms with E-state index in [2.05, 4.69) is 76.2 Å². The highest BCUT2D eigenvalue weighted by atomic mass is 32.2. The molecule has 5 nitrogen and oxygen atoms in total. The quantitative estimate of drug-likeness (QED) is 0.0941. The third-order valence-electron chi connectivity index (χ3n) is 9.59. The average Bonchev–Trinajstić information content (AvgIpc) is 3.43. The van der Waals surface area contributed by atoms with Crippen LogP contribution in [0.15, 0.2) is 112 Å². The van der Waals surface area contributed by atoms with Crippen LogP contribution in [0.4, 0.5) is 0 Å². The fourth-order valence-corrected chi connectivity index (χ4v) is 8.46. The molecule has 6 rings (SSSR count). The summed E-state index contributed by atoms with van der Waals surface area (Å²) < 4.78 is 37.5. The second-order valence-corrected chi connectivity index (χ2v) is 14.8. The van der Waals surface area contributed by atoms with E-state index in [0.29, 0.717) is 23.6 Å². The van der Waals surface area contributed by atoms with Crippen LogP contribution in [-0.4, -0.2) is 43.4 Å². The van der Waals surface area contributed by atoms with Crippen molar-refractivity contribution in [2.45, 2.75) is 58.5 Å². The molecule has 0 spiro atoms. The lowest BCUT2D eigenvalue weighted by atomic mass is 10.1. The third-order valence-corrected chi connectivity index (χ3v) is 11.4. The Morgan fingerprint density at radius 3 is 2.13 bits per heavy atom. The number of benzene rings is 5. The van der Waals surface area contributed by atoms with Gasteiger partial charge in [0.25, 0.3) is 0 Å². The number of aryl methyl sites for hydroxylation is 2.